The third kappa shape index (κ3) is 2.32. The Kier molecular flexibility index (Phi) is 3.57. The van der Waals surface area contributed by atoms with Crippen LogP contribution in [0.25, 0.3) is 0 Å². The molecule has 19 heavy (non-hydrogen) atoms. The number of hydrogen-bond donors (Lipinski definition) is 0. The second-order valence-electron chi connectivity index (χ2n) is 3.81. The zero-order valence-electron chi connectivity index (χ0n) is 9.81. The van der Waals surface area contributed by atoms with Crippen molar-refractivity contribution in [3.05, 3.63) is 59.7 Å². The van der Waals surface area contributed by atoms with Crippen molar-refractivity contribution >= 4 is 22.4 Å². The Morgan fingerprint density at radius 3 is 1.42 bits per heavy atom. The van der Waals surface area contributed by atoms with E-state index in [-0.39, 0.29) is 20.9 Å². The molecule has 0 saturated carbocycles. The highest BCUT2D eigenvalue weighted by Crippen LogP contribution is 2.25. The molecule has 0 unspecified atom stereocenters. The highest BCUT2D eigenvalue weighted by molar-refractivity contribution is 7.91. The molecule has 0 bridgehead atoms. The van der Waals surface area contributed by atoms with Crippen LogP contribution in [0.15, 0.2) is 58.3 Å². The first-order valence-corrected chi connectivity index (χ1v) is 6.93. The Morgan fingerprint density at radius 2 is 1.05 bits per heavy atom. The highest BCUT2D eigenvalue weighted by atomic mass is 32.2. The van der Waals surface area contributed by atoms with E-state index in [0.29, 0.717) is 12.6 Å². The summed E-state index contributed by atoms with van der Waals surface area (Å²) in [5.41, 5.74) is 0.145. The van der Waals surface area contributed by atoms with Crippen LogP contribution in [0.3, 0.4) is 0 Å². The summed E-state index contributed by atoms with van der Waals surface area (Å²) in [6.07, 6.45) is 0.965. The first-order chi connectivity index (χ1) is 9.11. The van der Waals surface area contributed by atoms with Crippen LogP contribution in [-0.2, 0) is 9.84 Å². The van der Waals surface area contributed by atoms with Gasteiger partial charge in [-0.3, -0.25) is 9.59 Å². The maximum atomic E-state index is 12.5. The minimum Gasteiger partial charge on any atom is -0.298 e. The van der Waals surface area contributed by atoms with Crippen LogP contribution in [0, 0.1) is 0 Å². The summed E-state index contributed by atoms with van der Waals surface area (Å²) in [5.74, 6) is 0. The second-order valence-corrected chi connectivity index (χ2v) is 5.70. The highest BCUT2D eigenvalue weighted by Gasteiger charge is 2.23. The first kappa shape index (κ1) is 13.2. The number of benzene rings is 2. The molecule has 2 rings (SSSR count). The third-order valence-corrected chi connectivity index (χ3v) is 4.57. The van der Waals surface area contributed by atoms with Gasteiger partial charge < -0.3 is 0 Å². The van der Waals surface area contributed by atoms with Crippen LogP contribution < -0.4 is 0 Å². The van der Waals surface area contributed by atoms with E-state index in [4.69, 9.17) is 0 Å². The Bertz CT molecular complexity index is 675. The molecule has 0 radical (unpaired) electrons. The summed E-state index contributed by atoms with van der Waals surface area (Å²) in [6, 6.07) is 11.8. The molecule has 0 atom stereocenters. The molecular weight excluding hydrogens is 264 g/mol. The topological polar surface area (TPSA) is 68.3 Å². The lowest BCUT2D eigenvalue weighted by Crippen LogP contribution is -2.07. The summed E-state index contributed by atoms with van der Waals surface area (Å²) in [4.78, 5) is 21.7. The number of sulfone groups is 1. The van der Waals surface area contributed by atoms with Gasteiger partial charge in [-0.25, -0.2) is 8.42 Å². The van der Waals surface area contributed by atoms with Gasteiger partial charge in [0.2, 0.25) is 9.84 Å². The van der Waals surface area contributed by atoms with E-state index in [1.807, 2.05) is 0 Å². The van der Waals surface area contributed by atoms with Crippen molar-refractivity contribution < 1.29 is 18.0 Å². The molecule has 0 fully saturated rings. The zero-order valence-corrected chi connectivity index (χ0v) is 10.6. The predicted molar refractivity (Wildman–Crippen MR) is 69.1 cm³/mol. The van der Waals surface area contributed by atoms with Crippen molar-refractivity contribution in [1.29, 1.82) is 0 Å². The molecule has 0 saturated heterocycles. The lowest BCUT2D eigenvalue weighted by Gasteiger charge is -2.08. The van der Waals surface area contributed by atoms with Crippen LogP contribution in [0.4, 0.5) is 0 Å². The number of hydrogen-bond acceptors (Lipinski definition) is 4. The summed E-state index contributed by atoms with van der Waals surface area (Å²) in [5, 5.41) is 0. The summed E-state index contributed by atoms with van der Waals surface area (Å²) >= 11 is 0. The lowest BCUT2D eigenvalue weighted by molar-refractivity contribution is 0.111. The van der Waals surface area contributed by atoms with Gasteiger partial charge in [0.15, 0.2) is 12.6 Å². The lowest BCUT2D eigenvalue weighted by atomic mass is 10.2. The van der Waals surface area contributed by atoms with Crippen LogP contribution in [-0.4, -0.2) is 21.0 Å². The van der Waals surface area contributed by atoms with Gasteiger partial charge in [0.25, 0.3) is 0 Å². The molecular formula is C14H10O4S. The molecule has 96 valence electrons. The molecule has 2 aromatic carbocycles. The van der Waals surface area contributed by atoms with Gasteiger partial charge >= 0.3 is 0 Å². The normalized spacial score (nSPS) is 10.9. The maximum Gasteiger partial charge on any atom is 0.208 e. The molecule has 0 heterocycles. The fourth-order valence-electron chi connectivity index (χ4n) is 1.76. The van der Waals surface area contributed by atoms with E-state index in [1.165, 1.54) is 36.4 Å². The maximum absolute atomic E-state index is 12.5. The molecule has 0 aliphatic rings. The van der Waals surface area contributed by atoms with Crippen molar-refractivity contribution in [1.82, 2.24) is 0 Å². The van der Waals surface area contributed by atoms with Gasteiger partial charge in [0.05, 0.1) is 9.79 Å². The monoisotopic (exact) mass is 274 g/mol. The zero-order chi connectivity index (χ0) is 13.9. The molecule has 0 N–H and O–H groups in total. The quantitative estimate of drug-likeness (QED) is 0.801. The Hall–Kier alpha value is -2.27. The molecule has 0 spiro atoms. The van der Waals surface area contributed by atoms with Gasteiger partial charge in [-0.15, -0.1) is 0 Å². The average Bonchev–Trinajstić information content (AvgIpc) is 2.47. The molecule has 0 amide bonds. The molecule has 0 aliphatic carbocycles. The fourth-order valence-corrected chi connectivity index (χ4v) is 3.37. The van der Waals surface area contributed by atoms with Crippen molar-refractivity contribution in [3.63, 3.8) is 0 Å². The van der Waals surface area contributed by atoms with E-state index in [9.17, 15) is 18.0 Å². The van der Waals surface area contributed by atoms with Gasteiger partial charge in [-0.05, 0) is 12.1 Å². The number of carbonyl (C=O) groups excluding carboxylic acids is 2. The van der Waals surface area contributed by atoms with E-state index in [0.717, 1.165) is 0 Å². The van der Waals surface area contributed by atoms with Crippen molar-refractivity contribution in [2.75, 3.05) is 0 Å². The predicted octanol–water partition coefficient (Wildman–Crippen LogP) is 2.14. The fraction of sp³-hybridized carbons (Fsp3) is 0. The standard InChI is InChI=1S/C14H10O4S/c15-9-11-5-1-3-7-13(11)19(17,18)14-8-4-2-6-12(14)10-16/h1-10H. The molecule has 4 nitrogen and oxygen atoms in total. The van der Waals surface area contributed by atoms with Gasteiger partial charge in [-0.1, -0.05) is 36.4 Å². The van der Waals surface area contributed by atoms with Crippen molar-refractivity contribution in [3.8, 4) is 0 Å². The second kappa shape index (κ2) is 5.16. The van der Waals surface area contributed by atoms with E-state index < -0.39 is 9.84 Å². The SMILES string of the molecule is O=Cc1ccccc1S(=O)(=O)c1ccccc1C=O. The van der Waals surface area contributed by atoms with E-state index >= 15 is 0 Å². The van der Waals surface area contributed by atoms with Crippen LogP contribution in [0.5, 0.6) is 0 Å². The third-order valence-electron chi connectivity index (χ3n) is 2.67. The van der Waals surface area contributed by atoms with E-state index in [2.05, 4.69) is 0 Å². The van der Waals surface area contributed by atoms with Crippen molar-refractivity contribution in [2.45, 2.75) is 9.79 Å². The van der Waals surface area contributed by atoms with Crippen molar-refractivity contribution in [2.24, 2.45) is 0 Å². The molecule has 2 aromatic rings. The van der Waals surface area contributed by atoms with Crippen LogP contribution in [0.2, 0.25) is 0 Å². The minimum absolute atomic E-state index is 0.0724. The number of carbonyl (C=O) groups is 2. The average molecular weight is 274 g/mol. The Morgan fingerprint density at radius 1 is 0.684 bits per heavy atom. The van der Waals surface area contributed by atoms with Gasteiger partial charge in [0, 0.05) is 11.1 Å². The Balaban J connectivity index is 2.73. The van der Waals surface area contributed by atoms with Gasteiger partial charge in [0.1, 0.15) is 0 Å². The first-order valence-electron chi connectivity index (χ1n) is 5.45. The molecule has 5 heteroatoms. The summed E-state index contributed by atoms with van der Waals surface area (Å²) < 4.78 is 25.0. The van der Waals surface area contributed by atoms with Gasteiger partial charge in [-0.2, -0.15) is 0 Å². The minimum atomic E-state index is -3.89. The molecule has 0 aliphatic heterocycles. The smallest absolute Gasteiger partial charge is 0.208 e. The van der Waals surface area contributed by atoms with Crippen LogP contribution >= 0.6 is 0 Å². The summed E-state index contributed by atoms with van der Waals surface area (Å²) in [7, 11) is -3.89. The Labute approximate surface area is 110 Å². The van der Waals surface area contributed by atoms with Crippen LogP contribution in [0.1, 0.15) is 20.7 Å². The largest absolute Gasteiger partial charge is 0.298 e. The number of rotatable bonds is 4. The molecule has 0 aromatic heterocycles. The summed E-state index contributed by atoms with van der Waals surface area (Å²) in [6.45, 7) is 0. The number of aldehydes is 2. The van der Waals surface area contributed by atoms with E-state index in [1.54, 1.807) is 12.1 Å².